The van der Waals surface area contributed by atoms with Gasteiger partial charge in [0.2, 0.25) is 5.95 Å². The van der Waals surface area contributed by atoms with Crippen molar-refractivity contribution in [2.45, 2.75) is 25.7 Å². The molecule has 200 valence electrons. The molecule has 9 nitrogen and oxygen atoms in total. The molecule has 0 radical (unpaired) electrons. The third-order valence-corrected chi connectivity index (χ3v) is 8.83. The van der Waals surface area contributed by atoms with Crippen LogP contribution in [0.2, 0.25) is 10.0 Å². The first-order valence-electron chi connectivity index (χ1n) is 13.1. The predicted octanol–water partition coefficient (Wildman–Crippen LogP) is 5.46. The Hall–Kier alpha value is -2.82. The van der Waals surface area contributed by atoms with Crippen molar-refractivity contribution in [2.75, 3.05) is 72.4 Å². The van der Waals surface area contributed by atoms with Gasteiger partial charge in [0, 0.05) is 69.4 Å². The summed E-state index contributed by atoms with van der Waals surface area (Å²) >= 11 is 13.6. The maximum atomic E-state index is 13.0. The highest BCUT2D eigenvalue weighted by Crippen LogP contribution is 2.31. The molecule has 38 heavy (non-hydrogen) atoms. The van der Waals surface area contributed by atoms with Gasteiger partial charge in [0.15, 0.2) is 5.13 Å². The number of hydrogen-bond donors (Lipinski definition) is 1. The molecule has 3 saturated heterocycles. The van der Waals surface area contributed by atoms with Gasteiger partial charge in [-0.1, -0.05) is 29.3 Å². The minimum Gasteiger partial charge on any atom is -0.356 e. The number of halogens is 2. The summed E-state index contributed by atoms with van der Waals surface area (Å²) in [5.41, 5.74) is 1.61. The molecule has 0 bridgehead atoms. The van der Waals surface area contributed by atoms with Gasteiger partial charge in [-0.2, -0.15) is 9.97 Å². The fourth-order valence-corrected chi connectivity index (χ4v) is 6.17. The number of carbonyl (C=O) groups is 1. The average molecular weight is 574 g/mol. The largest absolute Gasteiger partial charge is 0.356 e. The van der Waals surface area contributed by atoms with Gasteiger partial charge in [-0.15, -0.1) is 11.3 Å². The van der Waals surface area contributed by atoms with Crippen LogP contribution in [0, 0.1) is 0 Å². The van der Waals surface area contributed by atoms with E-state index in [9.17, 15) is 4.79 Å². The SMILES string of the molecule is O=C(Nc1nc(-c2ccc(Cl)c(Cl)c2)cs1)N1CCN(c2cc(N3CCCC3)nc(N3CCCC3)n2)CC1. The van der Waals surface area contributed by atoms with Crippen molar-refractivity contribution >= 4 is 63.3 Å². The van der Waals surface area contributed by atoms with E-state index < -0.39 is 0 Å². The van der Waals surface area contributed by atoms with Crippen LogP contribution in [0.3, 0.4) is 0 Å². The van der Waals surface area contributed by atoms with Crippen LogP contribution < -0.4 is 20.0 Å². The van der Waals surface area contributed by atoms with Crippen LogP contribution in [0.1, 0.15) is 25.7 Å². The number of hydrogen-bond acceptors (Lipinski definition) is 8. The van der Waals surface area contributed by atoms with Gasteiger partial charge >= 0.3 is 6.03 Å². The third-order valence-electron chi connectivity index (χ3n) is 7.33. The van der Waals surface area contributed by atoms with E-state index >= 15 is 0 Å². The van der Waals surface area contributed by atoms with Gasteiger partial charge in [0.1, 0.15) is 11.6 Å². The summed E-state index contributed by atoms with van der Waals surface area (Å²) in [6.45, 7) is 6.78. The summed E-state index contributed by atoms with van der Waals surface area (Å²) in [4.78, 5) is 36.2. The van der Waals surface area contributed by atoms with Gasteiger partial charge < -0.3 is 19.6 Å². The normalized spacial score (nSPS) is 17.9. The van der Waals surface area contributed by atoms with Crippen LogP contribution in [-0.4, -0.2) is 78.2 Å². The lowest BCUT2D eigenvalue weighted by atomic mass is 10.2. The van der Waals surface area contributed by atoms with Crippen LogP contribution in [0.5, 0.6) is 0 Å². The monoisotopic (exact) mass is 572 g/mol. The molecule has 3 aliphatic rings. The number of thiazole rings is 1. The maximum Gasteiger partial charge on any atom is 0.323 e. The highest BCUT2D eigenvalue weighted by Gasteiger charge is 2.26. The van der Waals surface area contributed by atoms with E-state index in [1.807, 2.05) is 16.3 Å². The van der Waals surface area contributed by atoms with Crippen LogP contribution >= 0.6 is 34.5 Å². The molecule has 0 saturated carbocycles. The molecule has 3 aromatic rings. The number of amides is 2. The minimum atomic E-state index is -0.141. The number of nitrogens with one attached hydrogen (secondary N) is 1. The molecule has 3 fully saturated rings. The fourth-order valence-electron chi connectivity index (χ4n) is 5.17. The topological polar surface area (TPSA) is 80.7 Å². The number of anilines is 4. The van der Waals surface area contributed by atoms with Crippen LogP contribution in [0.4, 0.5) is 27.5 Å². The van der Waals surface area contributed by atoms with Gasteiger partial charge in [0.05, 0.1) is 15.7 Å². The Morgan fingerprint density at radius 1 is 0.763 bits per heavy atom. The molecule has 0 aliphatic carbocycles. The zero-order chi connectivity index (χ0) is 26.1. The molecular formula is C26H30Cl2N8OS. The number of piperazine rings is 1. The number of urea groups is 1. The summed E-state index contributed by atoms with van der Waals surface area (Å²) in [6, 6.07) is 7.38. The summed E-state index contributed by atoms with van der Waals surface area (Å²) in [5.74, 6) is 2.81. The Labute approximate surface area is 236 Å². The van der Waals surface area contributed by atoms with Crippen LogP contribution in [0.25, 0.3) is 11.3 Å². The summed E-state index contributed by atoms with van der Waals surface area (Å²) in [7, 11) is 0. The van der Waals surface area contributed by atoms with Crippen molar-refractivity contribution in [3.05, 3.63) is 39.7 Å². The van der Waals surface area contributed by atoms with Gasteiger partial charge in [0.25, 0.3) is 0 Å². The summed E-state index contributed by atoms with van der Waals surface area (Å²) in [5, 5.41) is 6.39. The number of nitrogens with zero attached hydrogens (tertiary/aromatic N) is 7. The van der Waals surface area contributed by atoms with E-state index in [0.29, 0.717) is 28.3 Å². The Morgan fingerprint density at radius 2 is 1.39 bits per heavy atom. The molecule has 1 aromatic carbocycles. The van der Waals surface area contributed by atoms with Crippen molar-refractivity contribution < 1.29 is 4.79 Å². The molecule has 0 atom stereocenters. The number of benzene rings is 1. The quantitative estimate of drug-likeness (QED) is 0.434. The van der Waals surface area contributed by atoms with Crippen molar-refractivity contribution in [3.8, 4) is 11.3 Å². The second-order valence-corrected chi connectivity index (χ2v) is 11.5. The van der Waals surface area contributed by atoms with E-state index in [1.165, 1.54) is 37.0 Å². The Kier molecular flexibility index (Phi) is 7.45. The first-order valence-corrected chi connectivity index (χ1v) is 14.8. The van der Waals surface area contributed by atoms with E-state index in [0.717, 1.165) is 68.1 Å². The number of rotatable bonds is 5. The molecule has 0 unspecified atom stereocenters. The molecule has 6 rings (SSSR count). The van der Waals surface area contributed by atoms with Crippen molar-refractivity contribution in [1.29, 1.82) is 0 Å². The predicted molar refractivity (Wildman–Crippen MR) is 155 cm³/mol. The van der Waals surface area contributed by atoms with Gasteiger partial charge in [-0.25, -0.2) is 9.78 Å². The zero-order valence-electron chi connectivity index (χ0n) is 21.1. The molecule has 12 heteroatoms. The molecule has 2 amide bonds. The van der Waals surface area contributed by atoms with E-state index in [1.54, 1.807) is 12.1 Å². The Balaban J connectivity index is 1.10. The van der Waals surface area contributed by atoms with Crippen LogP contribution in [-0.2, 0) is 0 Å². The third kappa shape index (κ3) is 5.48. The molecular weight excluding hydrogens is 543 g/mol. The first-order chi connectivity index (χ1) is 18.5. The zero-order valence-corrected chi connectivity index (χ0v) is 23.4. The number of carbonyl (C=O) groups excluding carboxylic acids is 1. The van der Waals surface area contributed by atoms with E-state index in [-0.39, 0.29) is 6.03 Å². The second-order valence-electron chi connectivity index (χ2n) is 9.84. The first kappa shape index (κ1) is 25.5. The minimum absolute atomic E-state index is 0.141. The average Bonchev–Trinajstić information content (AvgIpc) is 3.73. The summed E-state index contributed by atoms with van der Waals surface area (Å²) in [6.07, 6.45) is 4.79. The van der Waals surface area contributed by atoms with E-state index in [4.69, 9.17) is 33.2 Å². The molecule has 0 spiro atoms. The Morgan fingerprint density at radius 3 is 2.05 bits per heavy atom. The summed E-state index contributed by atoms with van der Waals surface area (Å²) < 4.78 is 0. The highest BCUT2D eigenvalue weighted by atomic mass is 35.5. The van der Waals surface area contributed by atoms with Crippen LogP contribution in [0.15, 0.2) is 29.6 Å². The molecule has 3 aliphatic heterocycles. The molecule has 5 heterocycles. The van der Waals surface area contributed by atoms with Crippen molar-refractivity contribution in [3.63, 3.8) is 0 Å². The fraction of sp³-hybridized carbons (Fsp3) is 0.462. The lowest BCUT2D eigenvalue weighted by Gasteiger charge is -2.35. The Bertz CT molecular complexity index is 1270. The standard InChI is InChI=1S/C26H30Cl2N8OS/c27-19-6-5-18(15-20(19)28)21-17-38-25(29-21)32-26(37)36-13-11-34(12-14-36)23-16-22(33-7-1-2-8-33)30-24(31-23)35-9-3-4-10-35/h5-6,15-17H,1-4,7-14H2,(H,29,32,37). The van der Waals surface area contributed by atoms with Gasteiger partial charge in [-0.05, 0) is 37.8 Å². The van der Waals surface area contributed by atoms with Crippen molar-refractivity contribution in [1.82, 2.24) is 19.9 Å². The molecule has 1 N–H and O–H groups in total. The smallest absolute Gasteiger partial charge is 0.323 e. The lowest BCUT2D eigenvalue weighted by molar-refractivity contribution is 0.208. The second kappa shape index (κ2) is 11.1. The van der Waals surface area contributed by atoms with Gasteiger partial charge in [-0.3, -0.25) is 5.32 Å². The van der Waals surface area contributed by atoms with E-state index in [2.05, 4.69) is 31.1 Å². The lowest BCUT2D eigenvalue weighted by Crippen LogP contribution is -2.50. The highest BCUT2D eigenvalue weighted by molar-refractivity contribution is 7.14. The maximum absolute atomic E-state index is 13.0. The molecule has 2 aromatic heterocycles. The van der Waals surface area contributed by atoms with Crippen molar-refractivity contribution in [2.24, 2.45) is 0 Å². The number of aromatic nitrogens is 3.